The summed E-state index contributed by atoms with van der Waals surface area (Å²) < 4.78 is 21.5. The topological polar surface area (TPSA) is 124 Å². The van der Waals surface area contributed by atoms with E-state index >= 15 is 0 Å². The Morgan fingerprint density at radius 3 is 2.37 bits per heavy atom. The number of esters is 2. The van der Waals surface area contributed by atoms with Crippen molar-refractivity contribution in [3.63, 3.8) is 0 Å². The zero-order chi connectivity index (χ0) is 27.7. The largest absolute Gasteiger partial charge is 0.497 e. The number of anilines is 1. The number of carbonyl (C=O) groups excluding carboxylic acids is 3. The first-order chi connectivity index (χ1) is 18.3. The molecule has 0 bridgehead atoms. The average Bonchev–Trinajstić information content (AvgIpc) is 2.93. The molecule has 0 saturated heterocycles. The first-order valence-electron chi connectivity index (χ1n) is 11.2. The zero-order valence-corrected chi connectivity index (χ0v) is 22.3. The van der Waals surface area contributed by atoms with Gasteiger partial charge in [-0.05, 0) is 83.0 Å². The Kier molecular flexibility index (Phi) is 9.62. The van der Waals surface area contributed by atoms with E-state index in [-0.39, 0.29) is 34.9 Å². The van der Waals surface area contributed by atoms with Crippen LogP contribution in [0.1, 0.15) is 33.2 Å². The van der Waals surface area contributed by atoms with Crippen LogP contribution in [0.3, 0.4) is 0 Å². The number of halogens is 1. The van der Waals surface area contributed by atoms with Gasteiger partial charge in [-0.25, -0.2) is 9.59 Å². The number of methoxy groups -OCH3 is 2. The van der Waals surface area contributed by atoms with Crippen molar-refractivity contribution in [3.05, 3.63) is 87.4 Å². The predicted octanol–water partition coefficient (Wildman–Crippen LogP) is 5.41. The first-order valence-corrected chi connectivity index (χ1v) is 12.0. The summed E-state index contributed by atoms with van der Waals surface area (Å²) in [6.07, 6.45) is 1.35. The average molecular weight is 579 g/mol. The summed E-state index contributed by atoms with van der Waals surface area (Å²) in [4.78, 5) is 37.6. The molecule has 0 spiro atoms. The van der Waals surface area contributed by atoms with Gasteiger partial charge in [-0.2, -0.15) is 5.26 Å². The minimum absolute atomic E-state index is 0.139. The lowest BCUT2D eigenvalue weighted by Gasteiger charge is -2.14. The van der Waals surface area contributed by atoms with Gasteiger partial charge in [-0.15, -0.1) is 0 Å². The molecule has 0 fully saturated rings. The van der Waals surface area contributed by atoms with E-state index < -0.39 is 17.8 Å². The number of carbonyl (C=O) groups is 3. The van der Waals surface area contributed by atoms with Gasteiger partial charge in [0.05, 0.1) is 42.1 Å². The number of hydrogen-bond donors (Lipinski definition) is 1. The predicted molar refractivity (Wildman–Crippen MR) is 143 cm³/mol. The monoisotopic (exact) mass is 578 g/mol. The van der Waals surface area contributed by atoms with Crippen LogP contribution in [-0.4, -0.2) is 38.7 Å². The molecule has 0 atom stereocenters. The quantitative estimate of drug-likeness (QED) is 0.155. The molecule has 0 heterocycles. The Hall–Kier alpha value is -4.62. The normalized spacial score (nSPS) is 10.7. The smallest absolute Gasteiger partial charge is 0.343 e. The number of nitrogens with one attached hydrogen (secondary N) is 1. The van der Waals surface area contributed by atoms with Crippen LogP contribution < -0.4 is 19.5 Å². The Morgan fingerprint density at radius 2 is 1.74 bits per heavy atom. The molecule has 0 aromatic heterocycles. The van der Waals surface area contributed by atoms with Crippen LogP contribution in [0.4, 0.5) is 5.69 Å². The maximum absolute atomic E-state index is 12.8. The second-order valence-corrected chi connectivity index (χ2v) is 8.40. The highest BCUT2D eigenvalue weighted by Crippen LogP contribution is 2.38. The Balaban J connectivity index is 1.89. The molecule has 194 valence electrons. The molecule has 0 radical (unpaired) electrons. The summed E-state index contributed by atoms with van der Waals surface area (Å²) in [5.74, 6) is -1.01. The molecular formula is C28H23BrN2O7. The van der Waals surface area contributed by atoms with Crippen molar-refractivity contribution in [1.82, 2.24) is 0 Å². The Morgan fingerprint density at radius 1 is 1.03 bits per heavy atom. The summed E-state index contributed by atoms with van der Waals surface area (Å²) >= 11 is 3.39. The summed E-state index contributed by atoms with van der Waals surface area (Å²) in [5.41, 5.74) is 0.840. The highest BCUT2D eigenvalue weighted by atomic mass is 79.9. The second-order valence-electron chi connectivity index (χ2n) is 7.54. The molecular weight excluding hydrogens is 556 g/mol. The lowest BCUT2D eigenvalue weighted by atomic mass is 10.1. The van der Waals surface area contributed by atoms with Crippen LogP contribution in [0.15, 0.2) is 70.7 Å². The van der Waals surface area contributed by atoms with Crippen molar-refractivity contribution in [1.29, 1.82) is 5.26 Å². The van der Waals surface area contributed by atoms with Crippen LogP contribution >= 0.6 is 15.9 Å². The number of para-hydroxylation sites is 1. The molecule has 10 heteroatoms. The molecule has 0 aliphatic heterocycles. The van der Waals surface area contributed by atoms with E-state index in [9.17, 15) is 19.6 Å². The molecule has 38 heavy (non-hydrogen) atoms. The summed E-state index contributed by atoms with van der Waals surface area (Å²) in [6, 6.07) is 17.7. The van der Waals surface area contributed by atoms with Crippen LogP contribution in [0.5, 0.6) is 17.2 Å². The van der Waals surface area contributed by atoms with Gasteiger partial charge in [0.15, 0.2) is 11.5 Å². The molecule has 1 amide bonds. The second kappa shape index (κ2) is 13.1. The van der Waals surface area contributed by atoms with Gasteiger partial charge < -0.3 is 24.3 Å². The van der Waals surface area contributed by atoms with Gasteiger partial charge in [0.2, 0.25) is 0 Å². The van der Waals surface area contributed by atoms with E-state index in [1.54, 1.807) is 49.4 Å². The number of ether oxygens (including phenoxy) is 4. The number of benzene rings is 3. The van der Waals surface area contributed by atoms with Gasteiger partial charge in [0.25, 0.3) is 5.91 Å². The third-order valence-electron chi connectivity index (χ3n) is 5.11. The minimum Gasteiger partial charge on any atom is -0.497 e. The lowest BCUT2D eigenvalue weighted by molar-refractivity contribution is -0.112. The summed E-state index contributed by atoms with van der Waals surface area (Å²) in [7, 11) is 2.75. The fraction of sp³-hybridized carbons (Fsp3) is 0.143. The SMILES string of the molecule is CCOc1cc(/C=C(\C#N)C(=O)Nc2ccccc2C(=O)OC)cc(Br)c1OC(=O)c1ccc(OC)cc1. The molecule has 0 aliphatic carbocycles. The fourth-order valence-corrected chi connectivity index (χ4v) is 3.84. The van der Waals surface area contributed by atoms with Crippen LogP contribution in [-0.2, 0) is 9.53 Å². The first kappa shape index (κ1) is 28.0. The Bertz CT molecular complexity index is 1430. The zero-order valence-electron chi connectivity index (χ0n) is 20.7. The maximum atomic E-state index is 12.8. The molecule has 3 aromatic carbocycles. The van der Waals surface area contributed by atoms with Crippen LogP contribution in [0.25, 0.3) is 6.08 Å². The highest BCUT2D eigenvalue weighted by molar-refractivity contribution is 9.10. The van der Waals surface area contributed by atoms with Crippen molar-refractivity contribution >= 4 is 45.5 Å². The number of amides is 1. The van der Waals surface area contributed by atoms with E-state index in [2.05, 4.69) is 21.2 Å². The van der Waals surface area contributed by atoms with Gasteiger partial charge in [-0.1, -0.05) is 12.1 Å². The number of nitriles is 1. The standard InChI is InChI=1S/C28H23BrN2O7/c1-4-37-24-15-17(14-22(29)25(24)38-27(33)18-9-11-20(35-2)12-10-18)13-19(16-30)26(32)31-23-8-6-5-7-21(23)28(34)36-3/h5-15H,4H2,1-3H3,(H,31,32)/b19-13+. The summed E-state index contributed by atoms with van der Waals surface area (Å²) in [5, 5.41) is 12.2. The molecule has 9 nitrogen and oxygen atoms in total. The van der Waals surface area contributed by atoms with Gasteiger partial charge in [-0.3, -0.25) is 4.79 Å². The van der Waals surface area contributed by atoms with Gasteiger partial charge >= 0.3 is 11.9 Å². The van der Waals surface area contributed by atoms with Crippen molar-refractivity contribution in [3.8, 4) is 23.3 Å². The molecule has 0 saturated carbocycles. The number of rotatable bonds is 9. The third-order valence-corrected chi connectivity index (χ3v) is 5.70. The van der Waals surface area contributed by atoms with Crippen molar-refractivity contribution in [2.75, 3.05) is 26.1 Å². The van der Waals surface area contributed by atoms with E-state index in [1.807, 2.05) is 6.07 Å². The van der Waals surface area contributed by atoms with Crippen LogP contribution in [0, 0.1) is 11.3 Å². The number of nitrogens with zero attached hydrogens (tertiary/aromatic N) is 1. The summed E-state index contributed by atoms with van der Waals surface area (Å²) in [6.45, 7) is 2.03. The Labute approximate surface area is 227 Å². The fourth-order valence-electron chi connectivity index (χ4n) is 3.30. The lowest BCUT2D eigenvalue weighted by Crippen LogP contribution is -2.16. The van der Waals surface area contributed by atoms with Crippen molar-refractivity contribution < 1.29 is 33.3 Å². The van der Waals surface area contributed by atoms with E-state index in [1.165, 1.54) is 38.5 Å². The van der Waals surface area contributed by atoms with Gasteiger partial charge in [0, 0.05) is 0 Å². The third kappa shape index (κ3) is 6.78. The molecule has 3 aromatic rings. The van der Waals surface area contributed by atoms with Gasteiger partial charge in [0.1, 0.15) is 17.4 Å². The van der Waals surface area contributed by atoms with E-state index in [4.69, 9.17) is 18.9 Å². The maximum Gasteiger partial charge on any atom is 0.343 e. The molecule has 1 N–H and O–H groups in total. The van der Waals surface area contributed by atoms with Crippen molar-refractivity contribution in [2.24, 2.45) is 0 Å². The molecule has 0 unspecified atom stereocenters. The van der Waals surface area contributed by atoms with E-state index in [0.717, 1.165) is 0 Å². The van der Waals surface area contributed by atoms with Crippen LogP contribution in [0.2, 0.25) is 0 Å². The number of hydrogen-bond acceptors (Lipinski definition) is 8. The van der Waals surface area contributed by atoms with Crippen molar-refractivity contribution in [2.45, 2.75) is 6.92 Å². The highest BCUT2D eigenvalue weighted by Gasteiger charge is 2.19. The minimum atomic E-state index is -0.729. The molecule has 0 aliphatic rings. The molecule has 3 rings (SSSR count). The van der Waals surface area contributed by atoms with E-state index in [0.29, 0.717) is 21.3 Å².